The molecule has 60 valence electrons. The summed E-state index contributed by atoms with van der Waals surface area (Å²) in [6.07, 6.45) is 1.36. The minimum absolute atomic E-state index is 0.722. The standard InChI is InChI=1S/C9H19N/c1-5-8-6(2)9(8)7(3)10-4/h6-10H,5H2,1-4H3/t6-,7?,8-,9?/m1/s1. The Morgan fingerprint density at radius 3 is 2.40 bits per heavy atom. The summed E-state index contributed by atoms with van der Waals surface area (Å²) in [5.41, 5.74) is 0. The maximum atomic E-state index is 3.32. The fraction of sp³-hybridized carbons (Fsp3) is 1.00. The maximum Gasteiger partial charge on any atom is 0.00693 e. The normalized spacial score (nSPS) is 41.4. The second-order valence-corrected chi connectivity index (χ2v) is 3.59. The first-order chi connectivity index (χ1) is 4.72. The van der Waals surface area contributed by atoms with Crippen LogP contribution in [0.2, 0.25) is 0 Å². The van der Waals surface area contributed by atoms with Crippen molar-refractivity contribution in [1.29, 1.82) is 0 Å². The highest BCUT2D eigenvalue weighted by Gasteiger charge is 2.47. The van der Waals surface area contributed by atoms with E-state index in [1.807, 2.05) is 0 Å². The van der Waals surface area contributed by atoms with Crippen molar-refractivity contribution < 1.29 is 0 Å². The number of hydrogen-bond acceptors (Lipinski definition) is 1. The van der Waals surface area contributed by atoms with Gasteiger partial charge in [0.05, 0.1) is 0 Å². The lowest BCUT2D eigenvalue weighted by Gasteiger charge is -2.08. The third-order valence-electron chi connectivity index (χ3n) is 3.14. The molecule has 2 unspecified atom stereocenters. The molecule has 0 heterocycles. The predicted molar refractivity (Wildman–Crippen MR) is 45.0 cm³/mol. The second kappa shape index (κ2) is 2.91. The Kier molecular flexibility index (Phi) is 2.35. The van der Waals surface area contributed by atoms with E-state index in [0.717, 1.165) is 23.8 Å². The van der Waals surface area contributed by atoms with Gasteiger partial charge in [0.25, 0.3) is 0 Å². The van der Waals surface area contributed by atoms with Gasteiger partial charge in [0, 0.05) is 6.04 Å². The van der Waals surface area contributed by atoms with Crippen molar-refractivity contribution in [3.05, 3.63) is 0 Å². The van der Waals surface area contributed by atoms with Crippen molar-refractivity contribution >= 4 is 0 Å². The van der Waals surface area contributed by atoms with Gasteiger partial charge >= 0.3 is 0 Å². The molecule has 1 fully saturated rings. The Morgan fingerprint density at radius 2 is 2.10 bits per heavy atom. The highest BCUT2D eigenvalue weighted by molar-refractivity contribution is 4.98. The number of nitrogens with one attached hydrogen (secondary N) is 1. The van der Waals surface area contributed by atoms with Gasteiger partial charge in [-0.25, -0.2) is 0 Å². The van der Waals surface area contributed by atoms with E-state index in [0.29, 0.717) is 0 Å². The first-order valence-corrected chi connectivity index (χ1v) is 4.39. The fourth-order valence-corrected chi connectivity index (χ4v) is 2.24. The average molecular weight is 141 g/mol. The predicted octanol–water partition coefficient (Wildman–Crippen LogP) is 1.89. The topological polar surface area (TPSA) is 12.0 Å². The van der Waals surface area contributed by atoms with Crippen molar-refractivity contribution in [3.8, 4) is 0 Å². The van der Waals surface area contributed by atoms with E-state index in [1.54, 1.807) is 0 Å². The van der Waals surface area contributed by atoms with Crippen molar-refractivity contribution in [2.45, 2.75) is 33.2 Å². The molecule has 1 heteroatoms. The van der Waals surface area contributed by atoms with Crippen LogP contribution in [0.25, 0.3) is 0 Å². The van der Waals surface area contributed by atoms with Crippen molar-refractivity contribution in [2.75, 3.05) is 7.05 Å². The molecule has 1 aliphatic carbocycles. The van der Waals surface area contributed by atoms with Gasteiger partial charge < -0.3 is 5.32 Å². The zero-order valence-corrected chi connectivity index (χ0v) is 7.52. The molecule has 0 saturated heterocycles. The Labute approximate surface area is 64.2 Å². The Balaban J connectivity index is 2.32. The van der Waals surface area contributed by atoms with Gasteiger partial charge in [-0.05, 0) is 31.7 Å². The average Bonchev–Trinajstić information content (AvgIpc) is 2.59. The van der Waals surface area contributed by atoms with Crippen molar-refractivity contribution in [2.24, 2.45) is 17.8 Å². The van der Waals surface area contributed by atoms with Crippen LogP contribution in [0, 0.1) is 17.8 Å². The van der Waals surface area contributed by atoms with Gasteiger partial charge in [0.2, 0.25) is 0 Å². The highest BCUT2D eigenvalue weighted by Crippen LogP contribution is 2.49. The van der Waals surface area contributed by atoms with Crippen LogP contribution in [0.5, 0.6) is 0 Å². The van der Waals surface area contributed by atoms with E-state index in [4.69, 9.17) is 0 Å². The summed E-state index contributed by atoms with van der Waals surface area (Å²) in [5.74, 6) is 2.92. The molecule has 1 saturated carbocycles. The molecule has 1 aliphatic rings. The molecule has 1 nitrogen and oxygen atoms in total. The zero-order chi connectivity index (χ0) is 7.72. The van der Waals surface area contributed by atoms with E-state index < -0.39 is 0 Å². The van der Waals surface area contributed by atoms with Crippen LogP contribution in [0.15, 0.2) is 0 Å². The second-order valence-electron chi connectivity index (χ2n) is 3.59. The number of hydrogen-bond donors (Lipinski definition) is 1. The van der Waals surface area contributed by atoms with Crippen LogP contribution in [-0.2, 0) is 0 Å². The molecule has 0 aromatic heterocycles. The first-order valence-electron chi connectivity index (χ1n) is 4.39. The molecule has 0 aromatic carbocycles. The van der Waals surface area contributed by atoms with Crippen LogP contribution in [-0.4, -0.2) is 13.1 Å². The molecular formula is C9H19N. The zero-order valence-electron chi connectivity index (χ0n) is 7.52. The Bertz CT molecular complexity index is 105. The van der Waals surface area contributed by atoms with Crippen LogP contribution < -0.4 is 5.32 Å². The summed E-state index contributed by atoms with van der Waals surface area (Å²) < 4.78 is 0. The minimum atomic E-state index is 0.722. The van der Waals surface area contributed by atoms with Crippen molar-refractivity contribution in [1.82, 2.24) is 5.32 Å². The van der Waals surface area contributed by atoms with E-state index >= 15 is 0 Å². The first kappa shape index (κ1) is 8.06. The summed E-state index contributed by atoms with van der Waals surface area (Å²) in [6, 6.07) is 0.722. The Morgan fingerprint density at radius 1 is 1.50 bits per heavy atom. The summed E-state index contributed by atoms with van der Waals surface area (Å²) in [5, 5.41) is 3.32. The van der Waals surface area contributed by atoms with Gasteiger partial charge in [-0.2, -0.15) is 0 Å². The van der Waals surface area contributed by atoms with Crippen LogP contribution in [0.4, 0.5) is 0 Å². The molecule has 4 atom stereocenters. The molecule has 0 radical (unpaired) electrons. The smallest absolute Gasteiger partial charge is 0.00693 e. The minimum Gasteiger partial charge on any atom is -0.317 e. The molecule has 0 amide bonds. The summed E-state index contributed by atoms with van der Waals surface area (Å²) in [6.45, 7) is 6.95. The van der Waals surface area contributed by atoms with E-state index in [2.05, 4.69) is 33.1 Å². The van der Waals surface area contributed by atoms with Gasteiger partial charge in [0.1, 0.15) is 0 Å². The monoisotopic (exact) mass is 141 g/mol. The SMILES string of the molecule is CC[C@H]1C(C(C)NC)[C@@H]1C. The summed E-state index contributed by atoms with van der Waals surface area (Å²) in [7, 11) is 2.06. The van der Waals surface area contributed by atoms with Gasteiger partial charge in [-0.15, -0.1) is 0 Å². The van der Waals surface area contributed by atoms with Crippen molar-refractivity contribution in [3.63, 3.8) is 0 Å². The third kappa shape index (κ3) is 1.20. The molecule has 1 N–H and O–H groups in total. The molecule has 10 heavy (non-hydrogen) atoms. The van der Waals surface area contributed by atoms with E-state index in [-0.39, 0.29) is 0 Å². The van der Waals surface area contributed by atoms with Crippen LogP contribution in [0.3, 0.4) is 0 Å². The lowest BCUT2D eigenvalue weighted by molar-refractivity contribution is 0.498. The fourth-order valence-electron chi connectivity index (χ4n) is 2.24. The highest BCUT2D eigenvalue weighted by atomic mass is 14.9. The van der Waals surface area contributed by atoms with Gasteiger partial charge in [0.15, 0.2) is 0 Å². The largest absolute Gasteiger partial charge is 0.317 e. The maximum absolute atomic E-state index is 3.32. The lowest BCUT2D eigenvalue weighted by Crippen LogP contribution is -2.24. The van der Waals surface area contributed by atoms with E-state index in [9.17, 15) is 0 Å². The van der Waals surface area contributed by atoms with E-state index in [1.165, 1.54) is 6.42 Å². The summed E-state index contributed by atoms with van der Waals surface area (Å²) in [4.78, 5) is 0. The molecule has 0 bridgehead atoms. The van der Waals surface area contributed by atoms with Crippen LogP contribution >= 0.6 is 0 Å². The molecule has 0 spiro atoms. The van der Waals surface area contributed by atoms with Gasteiger partial charge in [-0.1, -0.05) is 20.3 Å². The molecule has 0 aliphatic heterocycles. The lowest BCUT2D eigenvalue weighted by atomic mass is 10.1. The third-order valence-corrected chi connectivity index (χ3v) is 3.14. The van der Waals surface area contributed by atoms with Crippen LogP contribution in [0.1, 0.15) is 27.2 Å². The Hall–Kier alpha value is -0.0400. The quantitative estimate of drug-likeness (QED) is 0.633. The molecular weight excluding hydrogens is 122 g/mol. The van der Waals surface area contributed by atoms with Gasteiger partial charge in [-0.3, -0.25) is 0 Å². The number of rotatable bonds is 3. The molecule has 0 aromatic rings. The molecule has 1 rings (SSSR count). The summed E-state index contributed by atoms with van der Waals surface area (Å²) >= 11 is 0.